The molecule has 0 spiro atoms. The summed E-state index contributed by atoms with van der Waals surface area (Å²) in [5, 5.41) is 6.84. The predicted molar refractivity (Wildman–Crippen MR) is 97.5 cm³/mol. The number of hydrogen-bond acceptors (Lipinski definition) is 3. The highest BCUT2D eigenvalue weighted by Gasteiger charge is 2.16. The lowest BCUT2D eigenvalue weighted by molar-refractivity contribution is 0.352. The maximum Gasteiger partial charge on any atom is 0.191 e. The number of ether oxygens (including phenoxy) is 2. The average Bonchev–Trinajstić information content (AvgIpc) is 3.05. The zero-order valence-corrected chi connectivity index (χ0v) is 15.7. The van der Waals surface area contributed by atoms with Gasteiger partial charge in [0.15, 0.2) is 17.5 Å². The summed E-state index contributed by atoms with van der Waals surface area (Å²) < 4.78 is 11.6. The smallest absolute Gasteiger partial charge is 0.191 e. The highest BCUT2D eigenvalue weighted by molar-refractivity contribution is 9.10. The lowest BCUT2D eigenvalue weighted by Crippen LogP contribution is -2.42. The van der Waals surface area contributed by atoms with E-state index in [0.29, 0.717) is 24.1 Å². The molecule has 0 aliphatic heterocycles. The largest absolute Gasteiger partial charge is 0.493 e. The van der Waals surface area contributed by atoms with E-state index in [1.54, 1.807) is 14.2 Å². The predicted octanol–water partition coefficient (Wildman–Crippen LogP) is 3.46. The molecule has 0 bridgehead atoms. The molecular weight excluding hydrogens is 358 g/mol. The minimum absolute atomic E-state index is 0.546. The second-order valence-electron chi connectivity index (χ2n) is 5.63. The van der Waals surface area contributed by atoms with Gasteiger partial charge in [0.1, 0.15) is 0 Å². The number of hydrogen-bond donors (Lipinski definition) is 2. The maximum absolute atomic E-state index is 5.38. The van der Waals surface area contributed by atoms with Crippen molar-refractivity contribution in [3.8, 4) is 11.5 Å². The zero-order valence-electron chi connectivity index (χ0n) is 14.1. The third kappa shape index (κ3) is 5.03. The Morgan fingerprint density at radius 1 is 1.26 bits per heavy atom. The zero-order chi connectivity index (χ0) is 16.7. The molecule has 2 rings (SSSR count). The minimum Gasteiger partial charge on any atom is -0.493 e. The first kappa shape index (κ1) is 17.9. The fraction of sp³-hybridized carbons (Fsp3) is 0.588. The molecule has 1 aliphatic rings. The molecule has 1 aromatic rings. The molecule has 6 heteroatoms. The molecule has 1 aromatic carbocycles. The Bertz CT molecular complexity index is 543. The van der Waals surface area contributed by atoms with Crippen molar-refractivity contribution in [2.45, 2.75) is 45.2 Å². The third-order valence-electron chi connectivity index (χ3n) is 3.95. The molecule has 0 radical (unpaired) electrons. The van der Waals surface area contributed by atoms with Crippen molar-refractivity contribution >= 4 is 21.9 Å². The molecule has 0 unspecified atom stereocenters. The monoisotopic (exact) mass is 383 g/mol. The standard InChI is InChI=1S/C17H26BrN3O2/c1-4-19-17(21-13-7-5-6-8-13)20-11-12-9-14(18)16(23-3)15(10-12)22-2/h9-10,13H,4-8,11H2,1-3H3,(H2,19,20,21). The molecule has 1 fully saturated rings. The Hall–Kier alpha value is -1.43. The summed E-state index contributed by atoms with van der Waals surface area (Å²) in [4.78, 5) is 4.70. The van der Waals surface area contributed by atoms with Gasteiger partial charge in [-0.3, -0.25) is 0 Å². The summed E-state index contributed by atoms with van der Waals surface area (Å²) in [6, 6.07) is 4.53. The topological polar surface area (TPSA) is 54.9 Å². The van der Waals surface area contributed by atoms with Crippen LogP contribution in [0.4, 0.5) is 0 Å². The Balaban J connectivity index is 2.10. The van der Waals surface area contributed by atoms with Crippen LogP contribution in [0.5, 0.6) is 11.5 Å². The van der Waals surface area contributed by atoms with E-state index in [0.717, 1.165) is 22.5 Å². The fourth-order valence-corrected chi connectivity index (χ4v) is 3.47. The van der Waals surface area contributed by atoms with Crippen molar-refractivity contribution in [1.29, 1.82) is 0 Å². The molecule has 128 valence electrons. The Labute approximate surface area is 147 Å². The van der Waals surface area contributed by atoms with Crippen molar-refractivity contribution in [1.82, 2.24) is 10.6 Å². The molecule has 5 nitrogen and oxygen atoms in total. The average molecular weight is 384 g/mol. The van der Waals surface area contributed by atoms with Gasteiger partial charge in [0, 0.05) is 12.6 Å². The molecule has 0 aromatic heterocycles. The first-order valence-corrected chi connectivity index (χ1v) is 8.92. The number of aliphatic imine (C=N–C) groups is 1. The van der Waals surface area contributed by atoms with Gasteiger partial charge in [-0.2, -0.15) is 0 Å². The molecule has 1 aliphatic carbocycles. The van der Waals surface area contributed by atoms with Crippen molar-refractivity contribution in [2.24, 2.45) is 4.99 Å². The second-order valence-corrected chi connectivity index (χ2v) is 6.49. The van der Waals surface area contributed by atoms with Crippen molar-refractivity contribution in [3.05, 3.63) is 22.2 Å². The van der Waals surface area contributed by atoms with E-state index in [2.05, 4.69) is 33.5 Å². The van der Waals surface area contributed by atoms with Crippen LogP contribution in [-0.2, 0) is 6.54 Å². The van der Waals surface area contributed by atoms with Crippen LogP contribution >= 0.6 is 15.9 Å². The van der Waals surface area contributed by atoms with Gasteiger partial charge in [0.05, 0.1) is 25.2 Å². The van der Waals surface area contributed by atoms with Gasteiger partial charge in [-0.25, -0.2) is 4.99 Å². The number of nitrogens with zero attached hydrogens (tertiary/aromatic N) is 1. The Morgan fingerprint density at radius 2 is 2.00 bits per heavy atom. The van der Waals surface area contributed by atoms with Crippen LogP contribution in [0.1, 0.15) is 38.2 Å². The Kier molecular flexibility index (Phi) is 7.02. The van der Waals surface area contributed by atoms with Gasteiger partial charge in [-0.15, -0.1) is 0 Å². The number of methoxy groups -OCH3 is 2. The summed E-state index contributed by atoms with van der Waals surface area (Å²) in [5.74, 6) is 2.29. The van der Waals surface area contributed by atoms with Crippen molar-refractivity contribution in [3.63, 3.8) is 0 Å². The van der Waals surface area contributed by atoms with E-state index < -0.39 is 0 Å². The first-order chi connectivity index (χ1) is 11.2. The van der Waals surface area contributed by atoms with E-state index in [4.69, 9.17) is 14.5 Å². The van der Waals surface area contributed by atoms with Gasteiger partial charge in [-0.05, 0) is 53.4 Å². The van der Waals surface area contributed by atoms with Crippen LogP contribution in [-0.4, -0.2) is 32.8 Å². The van der Waals surface area contributed by atoms with E-state index >= 15 is 0 Å². The Morgan fingerprint density at radius 3 is 2.61 bits per heavy atom. The fourth-order valence-electron chi connectivity index (χ4n) is 2.82. The van der Waals surface area contributed by atoms with Crippen LogP contribution in [0, 0.1) is 0 Å². The number of guanidine groups is 1. The van der Waals surface area contributed by atoms with E-state index in [1.807, 2.05) is 12.1 Å². The van der Waals surface area contributed by atoms with Crippen molar-refractivity contribution < 1.29 is 9.47 Å². The van der Waals surface area contributed by atoms with Crippen LogP contribution in [0.25, 0.3) is 0 Å². The molecule has 2 N–H and O–H groups in total. The van der Waals surface area contributed by atoms with Crippen LogP contribution in [0.2, 0.25) is 0 Å². The lowest BCUT2D eigenvalue weighted by Gasteiger charge is -2.17. The van der Waals surface area contributed by atoms with Crippen molar-refractivity contribution in [2.75, 3.05) is 20.8 Å². The molecule has 0 amide bonds. The summed E-state index contributed by atoms with van der Waals surface area (Å²) in [6.07, 6.45) is 5.07. The van der Waals surface area contributed by atoms with Gasteiger partial charge >= 0.3 is 0 Å². The molecule has 0 heterocycles. The summed E-state index contributed by atoms with van der Waals surface area (Å²) in [6.45, 7) is 3.52. The number of benzene rings is 1. The molecule has 23 heavy (non-hydrogen) atoms. The summed E-state index contributed by atoms with van der Waals surface area (Å²) in [5.41, 5.74) is 1.07. The van der Waals surface area contributed by atoms with E-state index in [1.165, 1.54) is 25.7 Å². The third-order valence-corrected chi connectivity index (χ3v) is 4.54. The first-order valence-electron chi connectivity index (χ1n) is 8.13. The summed E-state index contributed by atoms with van der Waals surface area (Å²) in [7, 11) is 3.28. The number of rotatable bonds is 6. The molecule has 0 atom stereocenters. The quantitative estimate of drug-likeness (QED) is 0.583. The lowest BCUT2D eigenvalue weighted by atomic mass is 10.2. The minimum atomic E-state index is 0.546. The SMILES string of the molecule is CCNC(=NCc1cc(Br)c(OC)c(OC)c1)NC1CCCC1. The van der Waals surface area contributed by atoms with E-state index in [-0.39, 0.29) is 0 Å². The second kappa shape index (κ2) is 9.01. The van der Waals surface area contributed by atoms with Gasteiger partial charge in [0.25, 0.3) is 0 Å². The van der Waals surface area contributed by atoms with Crippen LogP contribution < -0.4 is 20.1 Å². The van der Waals surface area contributed by atoms with E-state index in [9.17, 15) is 0 Å². The maximum atomic E-state index is 5.38. The van der Waals surface area contributed by atoms with Gasteiger partial charge in [0.2, 0.25) is 0 Å². The van der Waals surface area contributed by atoms with Gasteiger partial charge < -0.3 is 20.1 Å². The number of halogens is 1. The molecular formula is C17H26BrN3O2. The van der Waals surface area contributed by atoms with Crippen LogP contribution in [0.15, 0.2) is 21.6 Å². The highest BCUT2D eigenvalue weighted by Crippen LogP contribution is 2.36. The van der Waals surface area contributed by atoms with Crippen LogP contribution in [0.3, 0.4) is 0 Å². The number of nitrogens with one attached hydrogen (secondary N) is 2. The molecule has 1 saturated carbocycles. The highest BCUT2D eigenvalue weighted by atomic mass is 79.9. The molecule has 0 saturated heterocycles. The summed E-state index contributed by atoms with van der Waals surface area (Å²) >= 11 is 3.52. The van der Waals surface area contributed by atoms with Gasteiger partial charge in [-0.1, -0.05) is 12.8 Å². The normalized spacial score (nSPS) is 15.6.